The number of carbonyl (C=O) groups is 1. The third-order valence-electron chi connectivity index (χ3n) is 9.17. The summed E-state index contributed by atoms with van der Waals surface area (Å²) in [6.45, 7) is 11.2. The Labute approximate surface area is 270 Å². The molecule has 0 N–H and O–H groups in total. The minimum absolute atomic E-state index is 0.0237. The third kappa shape index (κ3) is 5.67. The SMILES string of the molecule is C=CC(=O)N1CCN(c2nc(OCCCN3C[C@H]4OC[C@@H]3[C@H]4I)nc3c2CCN(c2cccc4cccc(Cl)c24)C3)CC1. The van der Waals surface area contributed by atoms with E-state index in [1.54, 1.807) is 0 Å². The smallest absolute Gasteiger partial charge is 0.318 e. The van der Waals surface area contributed by atoms with Crippen molar-refractivity contribution < 1.29 is 14.3 Å². The molecule has 0 aliphatic carbocycles. The van der Waals surface area contributed by atoms with Gasteiger partial charge in [0.1, 0.15) is 5.82 Å². The van der Waals surface area contributed by atoms with E-state index in [0.717, 1.165) is 72.1 Å². The molecular weight excluding hydrogens is 679 g/mol. The first-order valence-electron chi connectivity index (χ1n) is 15.1. The Balaban J connectivity index is 1.12. The number of anilines is 2. The maximum atomic E-state index is 12.2. The van der Waals surface area contributed by atoms with Crippen molar-refractivity contribution in [3.8, 4) is 6.01 Å². The molecule has 2 bridgehead atoms. The maximum absolute atomic E-state index is 12.2. The fraction of sp³-hybridized carbons (Fsp3) is 0.469. The molecule has 5 heterocycles. The van der Waals surface area contributed by atoms with Crippen LogP contribution in [0.3, 0.4) is 0 Å². The average molecular weight is 715 g/mol. The monoisotopic (exact) mass is 714 g/mol. The maximum Gasteiger partial charge on any atom is 0.318 e. The summed E-state index contributed by atoms with van der Waals surface area (Å²) >= 11 is 9.24. The number of alkyl halides is 1. The lowest BCUT2D eigenvalue weighted by Gasteiger charge is -2.38. The minimum atomic E-state index is -0.0237. The van der Waals surface area contributed by atoms with Crippen molar-refractivity contribution in [1.29, 1.82) is 0 Å². The third-order valence-corrected chi connectivity index (χ3v) is 11.1. The fourth-order valence-electron chi connectivity index (χ4n) is 6.90. The number of piperazine rings is 1. The van der Waals surface area contributed by atoms with Crippen molar-refractivity contribution in [3.05, 3.63) is 65.3 Å². The number of carbonyl (C=O) groups excluding carboxylic acids is 1. The normalized spacial score (nSPS) is 23.6. The molecule has 0 radical (unpaired) electrons. The number of ether oxygens (including phenoxy) is 2. The largest absolute Gasteiger partial charge is 0.463 e. The predicted octanol–water partition coefficient (Wildman–Crippen LogP) is 4.34. The number of rotatable bonds is 8. The summed E-state index contributed by atoms with van der Waals surface area (Å²) in [5, 5.41) is 2.95. The van der Waals surface area contributed by atoms with E-state index >= 15 is 0 Å². The number of morpholine rings is 1. The first-order chi connectivity index (χ1) is 21.0. The van der Waals surface area contributed by atoms with E-state index in [9.17, 15) is 4.79 Å². The van der Waals surface area contributed by atoms with E-state index in [2.05, 4.69) is 68.1 Å². The van der Waals surface area contributed by atoms with Crippen LogP contribution < -0.4 is 14.5 Å². The van der Waals surface area contributed by atoms with Gasteiger partial charge in [0.25, 0.3) is 0 Å². The summed E-state index contributed by atoms with van der Waals surface area (Å²) in [5.41, 5.74) is 3.27. The van der Waals surface area contributed by atoms with Gasteiger partial charge in [-0.25, -0.2) is 0 Å². The first kappa shape index (κ1) is 29.1. The molecule has 3 fully saturated rings. The number of nitrogens with zero attached hydrogens (tertiary/aromatic N) is 6. The molecule has 0 saturated carbocycles. The van der Waals surface area contributed by atoms with Gasteiger partial charge in [0, 0.05) is 68.5 Å². The second kappa shape index (κ2) is 12.4. The fourth-order valence-corrected chi connectivity index (χ4v) is 8.27. The molecule has 3 aromatic rings. The molecule has 0 spiro atoms. The van der Waals surface area contributed by atoms with Crippen molar-refractivity contribution in [1.82, 2.24) is 19.8 Å². The number of fused-ring (bicyclic) bond motifs is 4. The summed E-state index contributed by atoms with van der Waals surface area (Å²) in [4.78, 5) is 31.2. The summed E-state index contributed by atoms with van der Waals surface area (Å²) < 4.78 is 12.7. The van der Waals surface area contributed by atoms with Gasteiger partial charge >= 0.3 is 6.01 Å². The van der Waals surface area contributed by atoms with Crippen molar-refractivity contribution in [2.75, 3.05) is 68.8 Å². The van der Waals surface area contributed by atoms with Crippen molar-refractivity contribution in [3.63, 3.8) is 0 Å². The zero-order valence-corrected chi connectivity index (χ0v) is 27.0. The van der Waals surface area contributed by atoms with Gasteiger partial charge in [-0.05, 0) is 36.4 Å². The molecule has 9 nitrogen and oxygen atoms in total. The second-order valence-corrected chi connectivity index (χ2v) is 13.5. The van der Waals surface area contributed by atoms with Crippen LogP contribution in [-0.4, -0.2) is 101 Å². The quantitative estimate of drug-likeness (QED) is 0.148. The van der Waals surface area contributed by atoms with E-state index in [-0.39, 0.29) is 5.91 Å². The Morgan fingerprint density at radius 2 is 1.93 bits per heavy atom. The lowest BCUT2D eigenvalue weighted by molar-refractivity contribution is -0.126. The Bertz CT molecular complexity index is 1530. The van der Waals surface area contributed by atoms with Crippen molar-refractivity contribution in [2.45, 2.75) is 35.5 Å². The van der Waals surface area contributed by atoms with Crippen LogP contribution in [0.5, 0.6) is 6.01 Å². The number of likely N-dealkylation sites (tertiary alicyclic amines) is 1. The molecule has 1 aromatic heterocycles. The Morgan fingerprint density at radius 3 is 2.67 bits per heavy atom. The second-order valence-electron chi connectivity index (χ2n) is 11.6. The molecular formula is C32H36ClIN6O3. The standard InChI is InChI=1S/C32H36ClIN6O3/c1-2-28(41)37-13-15-38(16-14-37)31-22-10-12-40(25-9-4-7-21-6-3-8-23(33)29(21)25)18-24(22)35-32(36-31)42-17-5-11-39-19-27-30(34)26(39)20-43-27/h2-4,6-9,26-27,30H,1,5,10-20H2/t26-,27-,30-/m1/s1. The van der Waals surface area contributed by atoms with Crippen LogP contribution in [0.4, 0.5) is 11.5 Å². The lowest BCUT2D eigenvalue weighted by Crippen LogP contribution is -2.49. The van der Waals surface area contributed by atoms with Gasteiger partial charge in [0.2, 0.25) is 5.91 Å². The van der Waals surface area contributed by atoms with Gasteiger partial charge in [0.15, 0.2) is 0 Å². The van der Waals surface area contributed by atoms with Crippen molar-refractivity contribution in [2.24, 2.45) is 0 Å². The number of halogens is 2. The van der Waals surface area contributed by atoms with Crippen LogP contribution in [0.1, 0.15) is 17.7 Å². The zero-order chi connectivity index (χ0) is 29.5. The van der Waals surface area contributed by atoms with E-state index in [1.165, 1.54) is 11.6 Å². The minimum Gasteiger partial charge on any atom is -0.463 e. The highest BCUT2D eigenvalue weighted by Gasteiger charge is 2.46. The molecule has 0 unspecified atom stereocenters. The van der Waals surface area contributed by atoms with Gasteiger partial charge < -0.3 is 24.2 Å². The molecule has 4 aliphatic heterocycles. The molecule has 7 rings (SSSR count). The molecule has 4 aliphatic rings. The van der Waals surface area contributed by atoms with Crippen LogP contribution in [0.15, 0.2) is 49.1 Å². The molecule has 3 atom stereocenters. The van der Waals surface area contributed by atoms with Crippen LogP contribution in [-0.2, 0) is 22.5 Å². The van der Waals surface area contributed by atoms with Crippen molar-refractivity contribution >= 4 is 62.4 Å². The van der Waals surface area contributed by atoms with Crippen LogP contribution in [0.25, 0.3) is 10.8 Å². The summed E-state index contributed by atoms with van der Waals surface area (Å²) in [7, 11) is 0. The molecule has 3 saturated heterocycles. The number of amides is 1. The Hall–Kier alpha value is -2.67. The highest BCUT2D eigenvalue weighted by Crippen LogP contribution is 2.37. The van der Waals surface area contributed by atoms with E-state index in [0.29, 0.717) is 61.4 Å². The van der Waals surface area contributed by atoms with Gasteiger partial charge in [-0.1, -0.05) is 65.0 Å². The summed E-state index contributed by atoms with van der Waals surface area (Å²) in [6.07, 6.45) is 3.47. The summed E-state index contributed by atoms with van der Waals surface area (Å²) in [5.74, 6) is 0.910. The van der Waals surface area contributed by atoms with E-state index in [4.69, 9.17) is 31.0 Å². The molecule has 43 heavy (non-hydrogen) atoms. The Kier molecular flexibility index (Phi) is 8.36. The van der Waals surface area contributed by atoms with Gasteiger partial charge in [-0.2, -0.15) is 9.97 Å². The van der Waals surface area contributed by atoms with E-state index in [1.807, 2.05) is 17.0 Å². The van der Waals surface area contributed by atoms with Gasteiger partial charge in [-0.15, -0.1) is 0 Å². The highest BCUT2D eigenvalue weighted by molar-refractivity contribution is 14.1. The number of aromatic nitrogens is 2. The average Bonchev–Trinajstić information content (AvgIpc) is 3.55. The zero-order valence-electron chi connectivity index (χ0n) is 24.1. The van der Waals surface area contributed by atoms with E-state index < -0.39 is 0 Å². The molecule has 1 amide bonds. The Morgan fingerprint density at radius 1 is 1.12 bits per heavy atom. The number of hydrogen-bond donors (Lipinski definition) is 0. The summed E-state index contributed by atoms with van der Waals surface area (Å²) in [6, 6.07) is 13.3. The molecule has 226 valence electrons. The van der Waals surface area contributed by atoms with Crippen LogP contribution >= 0.6 is 34.2 Å². The highest BCUT2D eigenvalue weighted by atomic mass is 127. The van der Waals surface area contributed by atoms with Gasteiger partial charge in [0.05, 0.1) is 40.5 Å². The van der Waals surface area contributed by atoms with Gasteiger partial charge in [-0.3, -0.25) is 9.69 Å². The number of hydrogen-bond acceptors (Lipinski definition) is 8. The van der Waals surface area contributed by atoms with Crippen LogP contribution in [0.2, 0.25) is 5.02 Å². The van der Waals surface area contributed by atoms with Crippen LogP contribution in [0, 0.1) is 0 Å². The predicted molar refractivity (Wildman–Crippen MR) is 178 cm³/mol. The topological polar surface area (TPSA) is 74.3 Å². The molecule has 11 heteroatoms. The lowest BCUT2D eigenvalue weighted by atomic mass is 10.0. The number of benzene rings is 2. The molecule has 2 aromatic carbocycles. The first-order valence-corrected chi connectivity index (χ1v) is 16.7.